The monoisotopic (exact) mass is 474 g/mol. The van der Waals surface area contributed by atoms with Crippen LogP contribution < -0.4 is 10.6 Å². The highest BCUT2D eigenvalue weighted by atomic mass is 127. The van der Waals surface area contributed by atoms with E-state index in [1.165, 1.54) is 0 Å². The van der Waals surface area contributed by atoms with Gasteiger partial charge in [0.1, 0.15) is 18.2 Å². The van der Waals surface area contributed by atoms with Crippen molar-refractivity contribution >= 4 is 29.9 Å². The van der Waals surface area contributed by atoms with Crippen LogP contribution in [0.3, 0.4) is 0 Å². The summed E-state index contributed by atoms with van der Waals surface area (Å²) in [7, 11) is 1.66. The van der Waals surface area contributed by atoms with E-state index in [9.17, 15) is 0 Å². The summed E-state index contributed by atoms with van der Waals surface area (Å²) in [5.41, 5.74) is 0. The van der Waals surface area contributed by atoms with Crippen LogP contribution in [0, 0.1) is 0 Å². The molecule has 0 spiro atoms. The number of furan rings is 1. The third-order valence-electron chi connectivity index (χ3n) is 4.07. The van der Waals surface area contributed by atoms with E-state index in [1.807, 2.05) is 16.8 Å². The van der Waals surface area contributed by atoms with Crippen molar-refractivity contribution in [3.63, 3.8) is 0 Å². The zero-order chi connectivity index (χ0) is 17.5. The molecule has 1 unspecified atom stereocenters. The number of fused-ring (bicyclic) bond motifs is 1. The van der Waals surface area contributed by atoms with Gasteiger partial charge < -0.3 is 19.8 Å². The summed E-state index contributed by atoms with van der Waals surface area (Å²) >= 11 is 0. The van der Waals surface area contributed by atoms with E-state index < -0.39 is 0 Å². The molecule has 8 nitrogen and oxygen atoms in total. The van der Waals surface area contributed by atoms with E-state index in [0.29, 0.717) is 13.2 Å². The minimum atomic E-state index is 0. The third-order valence-corrected chi connectivity index (χ3v) is 4.07. The SMILES string of the molecule is CCNC(=NCCc1ccco1)NC1CCc2nc(COC)nn2C1.I. The second-order valence-electron chi connectivity index (χ2n) is 6.03. The molecule has 0 bridgehead atoms. The summed E-state index contributed by atoms with van der Waals surface area (Å²) in [6.45, 7) is 4.81. The average Bonchev–Trinajstić information content (AvgIpc) is 3.24. The molecule has 3 heterocycles. The number of hydrogen-bond acceptors (Lipinski definition) is 5. The average molecular weight is 474 g/mol. The maximum atomic E-state index is 5.35. The van der Waals surface area contributed by atoms with Crippen molar-refractivity contribution < 1.29 is 9.15 Å². The quantitative estimate of drug-likeness (QED) is 0.361. The highest BCUT2D eigenvalue weighted by molar-refractivity contribution is 14.0. The molecule has 0 radical (unpaired) electrons. The summed E-state index contributed by atoms with van der Waals surface area (Å²) in [4.78, 5) is 9.15. The molecule has 1 aliphatic rings. The summed E-state index contributed by atoms with van der Waals surface area (Å²) < 4.78 is 12.4. The van der Waals surface area contributed by atoms with E-state index in [-0.39, 0.29) is 30.0 Å². The molecule has 3 rings (SSSR count). The second kappa shape index (κ2) is 10.5. The Morgan fingerprint density at radius 1 is 1.50 bits per heavy atom. The first kappa shape index (κ1) is 20.7. The highest BCUT2D eigenvalue weighted by Gasteiger charge is 2.22. The maximum absolute atomic E-state index is 5.35. The van der Waals surface area contributed by atoms with Crippen molar-refractivity contribution in [1.29, 1.82) is 0 Å². The number of hydrogen-bond donors (Lipinski definition) is 2. The smallest absolute Gasteiger partial charge is 0.191 e. The molecular formula is C17H27IN6O2. The van der Waals surface area contributed by atoms with Crippen molar-refractivity contribution in [1.82, 2.24) is 25.4 Å². The molecule has 0 fully saturated rings. The van der Waals surface area contributed by atoms with Crippen LogP contribution >= 0.6 is 24.0 Å². The van der Waals surface area contributed by atoms with E-state index in [0.717, 1.165) is 55.7 Å². The Morgan fingerprint density at radius 2 is 2.38 bits per heavy atom. The topological polar surface area (TPSA) is 89.5 Å². The minimum Gasteiger partial charge on any atom is -0.469 e. The van der Waals surface area contributed by atoms with Crippen molar-refractivity contribution in [2.75, 3.05) is 20.2 Å². The zero-order valence-electron chi connectivity index (χ0n) is 15.3. The van der Waals surface area contributed by atoms with Gasteiger partial charge in [-0.05, 0) is 25.5 Å². The van der Waals surface area contributed by atoms with Crippen molar-refractivity contribution in [2.24, 2.45) is 4.99 Å². The number of aromatic nitrogens is 3. The molecule has 0 saturated carbocycles. The van der Waals surface area contributed by atoms with E-state index in [2.05, 4.69) is 32.6 Å². The molecule has 1 atom stereocenters. The molecule has 0 aliphatic carbocycles. The van der Waals surface area contributed by atoms with Gasteiger partial charge in [-0.3, -0.25) is 4.99 Å². The lowest BCUT2D eigenvalue weighted by atomic mass is 10.1. The summed E-state index contributed by atoms with van der Waals surface area (Å²) in [6.07, 6.45) is 4.40. The molecule has 2 aromatic heterocycles. The van der Waals surface area contributed by atoms with Gasteiger partial charge in [-0.15, -0.1) is 24.0 Å². The van der Waals surface area contributed by atoms with Gasteiger partial charge in [0.15, 0.2) is 11.8 Å². The third kappa shape index (κ3) is 5.70. The first-order valence-electron chi connectivity index (χ1n) is 8.77. The lowest BCUT2D eigenvalue weighted by Crippen LogP contribution is -2.47. The zero-order valence-corrected chi connectivity index (χ0v) is 17.6. The molecule has 0 amide bonds. The molecule has 0 aromatic carbocycles. The van der Waals surface area contributed by atoms with Crippen LogP contribution in [0.4, 0.5) is 0 Å². The minimum absolute atomic E-state index is 0. The fourth-order valence-electron chi connectivity index (χ4n) is 2.91. The largest absolute Gasteiger partial charge is 0.469 e. The number of aryl methyl sites for hydroxylation is 1. The highest BCUT2D eigenvalue weighted by Crippen LogP contribution is 2.13. The van der Waals surface area contributed by atoms with Gasteiger partial charge in [-0.1, -0.05) is 0 Å². The number of ether oxygens (including phenoxy) is 1. The molecule has 2 aromatic rings. The molecule has 1 aliphatic heterocycles. The van der Waals surface area contributed by atoms with Crippen LogP contribution in [0.15, 0.2) is 27.8 Å². The Morgan fingerprint density at radius 3 is 3.12 bits per heavy atom. The lowest BCUT2D eigenvalue weighted by Gasteiger charge is -2.25. The Labute approximate surface area is 170 Å². The molecule has 0 saturated heterocycles. The number of nitrogens with one attached hydrogen (secondary N) is 2. The first-order chi connectivity index (χ1) is 12.3. The molecule has 9 heteroatoms. The van der Waals surface area contributed by atoms with Crippen molar-refractivity contribution in [3.05, 3.63) is 35.8 Å². The summed E-state index contributed by atoms with van der Waals surface area (Å²) in [5, 5.41) is 11.3. The Hall–Kier alpha value is -1.62. The normalized spacial score (nSPS) is 16.7. The van der Waals surface area contributed by atoms with Crippen LogP contribution in [0.2, 0.25) is 0 Å². The molecular weight excluding hydrogens is 447 g/mol. The van der Waals surface area contributed by atoms with Crippen LogP contribution in [-0.2, 0) is 30.7 Å². The Balaban J connectivity index is 0.00000243. The van der Waals surface area contributed by atoms with Gasteiger partial charge in [-0.2, -0.15) is 5.10 Å². The van der Waals surface area contributed by atoms with Crippen LogP contribution in [0.5, 0.6) is 0 Å². The van der Waals surface area contributed by atoms with Crippen LogP contribution in [0.1, 0.15) is 30.8 Å². The molecule has 2 N–H and O–H groups in total. The van der Waals surface area contributed by atoms with Gasteiger partial charge in [-0.25, -0.2) is 9.67 Å². The standard InChI is InChI=1S/C17H26N6O2.HI/c1-3-18-17(19-9-8-14-5-4-10-25-14)20-13-6-7-16-21-15(12-24-2)22-23(16)11-13;/h4-5,10,13H,3,6-9,11-12H2,1-2H3,(H2,18,19,20);1H. The van der Waals surface area contributed by atoms with E-state index in [1.54, 1.807) is 13.4 Å². The van der Waals surface area contributed by atoms with Crippen molar-refractivity contribution in [2.45, 2.75) is 45.4 Å². The summed E-state index contributed by atoms with van der Waals surface area (Å²) in [5.74, 6) is 3.57. The van der Waals surface area contributed by atoms with Gasteiger partial charge in [0.2, 0.25) is 0 Å². The van der Waals surface area contributed by atoms with Gasteiger partial charge >= 0.3 is 0 Å². The molecule has 26 heavy (non-hydrogen) atoms. The van der Waals surface area contributed by atoms with E-state index in [4.69, 9.17) is 9.15 Å². The second-order valence-corrected chi connectivity index (χ2v) is 6.03. The van der Waals surface area contributed by atoms with Gasteiger partial charge in [0, 0.05) is 39.1 Å². The maximum Gasteiger partial charge on any atom is 0.191 e. The first-order valence-corrected chi connectivity index (χ1v) is 8.77. The van der Waals surface area contributed by atoms with Gasteiger partial charge in [0.25, 0.3) is 0 Å². The predicted octanol–water partition coefficient (Wildman–Crippen LogP) is 1.75. The number of aliphatic imine (C=N–C) groups is 1. The fourth-order valence-corrected chi connectivity index (χ4v) is 2.91. The van der Waals surface area contributed by atoms with Crippen LogP contribution in [-0.4, -0.2) is 47.0 Å². The van der Waals surface area contributed by atoms with Gasteiger partial charge in [0.05, 0.1) is 12.8 Å². The number of rotatable bonds is 7. The number of guanidine groups is 1. The Kier molecular flexibility index (Phi) is 8.36. The van der Waals surface area contributed by atoms with Crippen LogP contribution in [0.25, 0.3) is 0 Å². The predicted molar refractivity (Wildman–Crippen MR) is 110 cm³/mol. The Bertz CT molecular complexity index is 685. The fraction of sp³-hybridized carbons (Fsp3) is 0.588. The van der Waals surface area contributed by atoms with Crippen molar-refractivity contribution in [3.8, 4) is 0 Å². The number of halogens is 1. The molecule has 144 valence electrons. The number of methoxy groups -OCH3 is 1. The lowest BCUT2D eigenvalue weighted by molar-refractivity contribution is 0.177. The number of nitrogens with zero attached hydrogens (tertiary/aromatic N) is 4. The summed E-state index contributed by atoms with van der Waals surface area (Å²) in [6, 6.07) is 4.16. The van der Waals surface area contributed by atoms with E-state index >= 15 is 0 Å².